The van der Waals surface area contributed by atoms with E-state index in [1.54, 1.807) is 7.11 Å². The predicted molar refractivity (Wildman–Crippen MR) is 68.7 cm³/mol. The first-order valence-electron chi connectivity index (χ1n) is 5.26. The Kier molecular flexibility index (Phi) is 4.27. The molecule has 0 aliphatic rings. The van der Waals surface area contributed by atoms with E-state index >= 15 is 0 Å². The van der Waals surface area contributed by atoms with E-state index in [4.69, 9.17) is 4.74 Å². The van der Waals surface area contributed by atoms with Crippen LogP contribution in [0.15, 0.2) is 4.47 Å². The van der Waals surface area contributed by atoms with Gasteiger partial charge in [0.25, 0.3) is 0 Å². The molecule has 1 rings (SSSR count). The van der Waals surface area contributed by atoms with Gasteiger partial charge in [0.15, 0.2) is 5.82 Å². The van der Waals surface area contributed by atoms with Gasteiger partial charge in [0.05, 0.1) is 10.2 Å². The topological polar surface area (TPSA) is 47.0 Å². The summed E-state index contributed by atoms with van der Waals surface area (Å²) >= 11 is 3.48. The smallest absolute Gasteiger partial charge is 0.162 e. The molecule has 0 aliphatic carbocycles. The number of methoxy groups -OCH3 is 1. The number of hydrogen-bond acceptors (Lipinski definition) is 4. The first-order valence-corrected chi connectivity index (χ1v) is 6.05. The van der Waals surface area contributed by atoms with Crippen molar-refractivity contribution in [3.8, 4) is 0 Å². The van der Waals surface area contributed by atoms with Crippen molar-refractivity contribution < 1.29 is 4.74 Å². The second-order valence-electron chi connectivity index (χ2n) is 4.04. The van der Waals surface area contributed by atoms with Crippen molar-refractivity contribution in [1.82, 2.24) is 9.97 Å². The normalized spacial score (nSPS) is 11.6. The summed E-state index contributed by atoms with van der Waals surface area (Å²) in [5.74, 6) is 1.50. The Bertz CT molecular complexity index is 380. The standard InChI is InChI=1S/C11H18BrN3O/c1-6-13-9-8(12)7(2)14-10(15-9)11(3,4)16-5/h6H2,1-5H3,(H,13,14,15). The summed E-state index contributed by atoms with van der Waals surface area (Å²) in [6.45, 7) is 8.70. The molecule has 0 bridgehead atoms. The van der Waals surface area contributed by atoms with Crippen molar-refractivity contribution >= 4 is 21.7 Å². The maximum atomic E-state index is 5.38. The number of halogens is 1. The Hall–Kier alpha value is -0.680. The molecule has 0 saturated carbocycles. The predicted octanol–water partition coefficient (Wildman–Crippen LogP) is 2.86. The molecule has 0 atom stereocenters. The van der Waals surface area contributed by atoms with Crippen molar-refractivity contribution in [3.05, 3.63) is 16.0 Å². The third-order valence-corrected chi connectivity index (χ3v) is 3.36. The van der Waals surface area contributed by atoms with Crippen LogP contribution in [0.4, 0.5) is 5.82 Å². The number of hydrogen-bond donors (Lipinski definition) is 1. The summed E-state index contributed by atoms with van der Waals surface area (Å²) in [5.41, 5.74) is 0.432. The fourth-order valence-electron chi connectivity index (χ4n) is 1.20. The zero-order valence-corrected chi connectivity index (χ0v) is 12.0. The minimum atomic E-state index is -0.477. The minimum absolute atomic E-state index is 0.477. The molecule has 4 nitrogen and oxygen atoms in total. The largest absolute Gasteiger partial charge is 0.371 e. The lowest BCUT2D eigenvalue weighted by molar-refractivity contribution is 0.0114. The van der Waals surface area contributed by atoms with Gasteiger partial charge in [0.2, 0.25) is 0 Å². The molecule has 0 amide bonds. The summed E-state index contributed by atoms with van der Waals surface area (Å²) in [4.78, 5) is 8.91. The van der Waals surface area contributed by atoms with Gasteiger partial charge in [-0.3, -0.25) is 0 Å². The summed E-state index contributed by atoms with van der Waals surface area (Å²) in [6.07, 6.45) is 0. The number of nitrogens with zero attached hydrogens (tertiary/aromatic N) is 2. The highest BCUT2D eigenvalue weighted by molar-refractivity contribution is 9.10. The number of nitrogens with one attached hydrogen (secondary N) is 1. The van der Waals surface area contributed by atoms with Crippen LogP contribution < -0.4 is 5.32 Å². The molecular formula is C11H18BrN3O. The maximum absolute atomic E-state index is 5.38. The van der Waals surface area contributed by atoms with Crippen LogP contribution in [0.1, 0.15) is 32.3 Å². The van der Waals surface area contributed by atoms with Gasteiger partial charge in [-0.05, 0) is 43.6 Å². The second kappa shape index (κ2) is 5.10. The molecule has 1 aromatic heterocycles. The Balaban J connectivity index is 3.23. The molecule has 16 heavy (non-hydrogen) atoms. The quantitative estimate of drug-likeness (QED) is 0.925. The molecule has 1 heterocycles. The molecule has 0 saturated heterocycles. The van der Waals surface area contributed by atoms with Crippen LogP contribution in [0.3, 0.4) is 0 Å². The molecule has 0 fully saturated rings. The monoisotopic (exact) mass is 287 g/mol. The molecule has 1 aromatic rings. The molecular weight excluding hydrogens is 270 g/mol. The van der Waals surface area contributed by atoms with Gasteiger partial charge in [-0.15, -0.1) is 0 Å². The average molecular weight is 288 g/mol. The summed E-state index contributed by atoms with van der Waals surface area (Å²) in [5, 5.41) is 3.20. The highest BCUT2D eigenvalue weighted by Crippen LogP contribution is 2.27. The lowest BCUT2D eigenvalue weighted by Crippen LogP contribution is -2.24. The molecule has 0 aromatic carbocycles. The van der Waals surface area contributed by atoms with E-state index in [0.29, 0.717) is 5.82 Å². The van der Waals surface area contributed by atoms with Gasteiger partial charge in [-0.25, -0.2) is 9.97 Å². The van der Waals surface area contributed by atoms with Gasteiger partial charge in [0, 0.05) is 13.7 Å². The van der Waals surface area contributed by atoms with Crippen LogP contribution in [-0.2, 0) is 10.3 Å². The van der Waals surface area contributed by atoms with Crippen molar-refractivity contribution in [2.75, 3.05) is 19.0 Å². The van der Waals surface area contributed by atoms with Crippen LogP contribution in [0.2, 0.25) is 0 Å². The van der Waals surface area contributed by atoms with Crippen LogP contribution in [0.5, 0.6) is 0 Å². The first kappa shape index (κ1) is 13.4. The van der Waals surface area contributed by atoms with Crippen molar-refractivity contribution in [2.45, 2.75) is 33.3 Å². The summed E-state index contributed by atoms with van der Waals surface area (Å²) < 4.78 is 6.29. The third kappa shape index (κ3) is 2.71. The summed E-state index contributed by atoms with van der Waals surface area (Å²) in [7, 11) is 1.66. The van der Waals surface area contributed by atoms with Crippen LogP contribution >= 0.6 is 15.9 Å². The number of rotatable bonds is 4. The van der Waals surface area contributed by atoms with Gasteiger partial charge >= 0.3 is 0 Å². The van der Waals surface area contributed by atoms with Gasteiger partial charge in [-0.2, -0.15) is 0 Å². The van der Waals surface area contributed by atoms with Gasteiger partial charge in [0.1, 0.15) is 11.4 Å². The van der Waals surface area contributed by atoms with Crippen molar-refractivity contribution in [1.29, 1.82) is 0 Å². The molecule has 5 heteroatoms. The lowest BCUT2D eigenvalue weighted by Gasteiger charge is -2.22. The Labute approximate surface area is 105 Å². The van der Waals surface area contributed by atoms with E-state index in [1.165, 1.54) is 0 Å². The second-order valence-corrected chi connectivity index (χ2v) is 4.83. The fraction of sp³-hybridized carbons (Fsp3) is 0.636. The highest BCUT2D eigenvalue weighted by Gasteiger charge is 2.25. The van der Waals surface area contributed by atoms with E-state index in [9.17, 15) is 0 Å². The van der Waals surface area contributed by atoms with Crippen LogP contribution in [-0.4, -0.2) is 23.6 Å². The molecule has 90 valence electrons. The van der Waals surface area contributed by atoms with Gasteiger partial charge in [-0.1, -0.05) is 0 Å². The van der Waals surface area contributed by atoms with E-state index in [0.717, 1.165) is 22.5 Å². The number of anilines is 1. The molecule has 0 unspecified atom stereocenters. The van der Waals surface area contributed by atoms with E-state index < -0.39 is 5.60 Å². The Morgan fingerprint density at radius 1 is 1.38 bits per heavy atom. The van der Waals surface area contributed by atoms with Crippen molar-refractivity contribution in [3.63, 3.8) is 0 Å². The van der Waals surface area contributed by atoms with Gasteiger partial charge < -0.3 is 10.1 Å². The van der Waals surface area contributed by atoms with E-state index in [1.807, 2.05) is 27.7 Å². The minimum Gasteiger partial charge on any atom is -0.371 e. The molecule has 0 spiro atoms. The molecule has 1 N–H and O–H groups in total. The Morgan fingerprint density at radius 2 is 2.00 bits per heavy atom. The van der Waals surface area contributed by atoms with Crippen LogP contribution in [0.25, 0.3) is 0 Å². The SMILES string of the molecule is CCNc1nc(C(C)(C)OC)nc(C)c1Br. The number of aromatic nitrogens is 2. The molecule has 0 radical (unpaired) electrons. The third-order valence-electron chi connectivity index (χ3n) is 2.41. The molecule has 0 aliphatic heterocycles. The average Bonchev–Trinajstić information content (AvgIpc) is 2.24. The lowest BCUT2D eigenvalue weighted by atomic mass is 10.1. The van der Waals surface area contributed by atoms with E-state index in [-0.39, 0.29) is 0 Å². The number of aryl methyl sites for hydroxylation is 1. The Morgan fingerprint density at radius 3 is 2.50 bits per heavy atom. The fourth-order valence-corrected chi connectivity index (χ4v) is 1.52. The van der Waals surface area contributed by atoms with E-state index in [2.05, 4.69) is 31.2 Å². The van der Waals surface area contributed by atoms with Crippen molar-refractivity contribution in [2.24, 2.45) is 0 Å². The first-order chi connectivity index (χ1) is 7.42. The number of ether oxygens (including phenoxy) is 1. The zero-order chi connectivity index (χ0) is 12.3. The summed E-state index contributed by atoms with van der Waals surface area (Å²) in [6, 6.07) is 0. The zero-order valence-electron chi connectivity index (χ0n) is 10.4. The maximum Gasteiger partial charge on any atom is 0.162 e. The highest BCUT2D eigenvalue weighted by atomic mass is 79.9. The van der Waals surface area contributed by atoms with Crippen LogP contribution in [0, 0.1) is 6.92 Å².